The highest BCUT2D eigenvalue weighted by atomic mass is 35.5. The summed E-state index contributed by atoms with van der Waals surface area (Å²) in [5.74, 6) is 0.307. The highest BCUT2D eigenvalue weighted by Crippen LogP contribution is 2.20. The maximum atomic E-state index is 12.5. The molecular weight excluding hydrogens is 434 g/mol. The van der Waals surface area contributed by atoms with E-state index in [0.29, 0.717) is 23.0 Å². The van der Waals surface area contributed by atoms with Crippen LogP contribution in [0.4, 0.5) is 10.8 Å². The van der Waals surface area contributed by atoms with Gasteiger partial charge in [0.15, 0.2) is 11.2 Å². The quantitative estimate of drug-likeness (QED) is 0.533. The first-order chi connectivity index (χ1) is 13.5. The SMILES string of the molecule is CCC(Oc1ccccc1)C(=O)Nc1ccc(S(=O)(=O)Nc2nccs2)cc1.Cl. The molecule has 0 radical (unpaired) electrons. The van der Waals surface area contributed by atoms with Gasteiger partial charge in [-0.05, 0) is 42.8 Å². The van der Waals surface area contributed by atoms with Crippen molar-refractivity contribution < 1.29 is 17.9 Å². The Labute approximate surface area is 179 Å². The van der Waals surface area contributed by atoms with Crippen LogP contribution in [0.15, 0.2) is 71.1 Å². The Hall–Kier alpha value is -2.62. The Kier molecular flexibility index (Phi) is 8.00. The second kappa shape index (κ2) is 10.2. The molecule has 2 N–H and O–H groups in total. The smallest absolute Gasteiger partial charge is 0.265 e. The molecule has 1 atom stereocenters. The zero-order valence-corrected chi connectivity index (χ0v) is 17.9. The molecule has 29 heavy (non-hydrogen) atoms. The van der Waals surface area contributed by atoms with E-state index < -0.39 is 16.1 Å². The fourth-order valence-electron chi connectivity index (χ4n) is 2.37. The first kappa shape index (κ1) is 22.7. The van der Waals surface area contributed by atoms with Gasteiger partial charge in [-0.15, -0.1) is 23.7 Å². The molecule has 10 heteroatoms. The van der Waals surface area contributed by atoms with Gasteiger partial charge in [0.2, 0.25) is 0 Å². The molecule has 1 unspecified atom stereocenters. The molecule has 0 saturated heterocycles. The largest absolute Gasteiger partial charge is 0.481 e. The molecule has 3 rings (SSSR count). The van der Waals surface area contributed by atoms with Gasteiger partial charge in [0.1, 0.15) is 5.75 Å². The van der Waals surface area contributed by atoms with E-state index in [9.17, 15) is 13.2 Å². The van der Waals surface area contributed by atoms with Gasteiger partial charge in [0.05, 0.1) is 4.90 Å². The molecular formula is C19H20ClN3O4S2. The molecule has 3 aromatic rings. The van der Waals surface area contributed by atoms with Crippen LogP contribution in [0.25, 0.3) is 0 Å². The highest BCUT2D eigenvalue weighted by Gasteiger charge is 2.19. The van der Waals surface area contributed by atoms with E-state index in [1.54, 1.807) is 17.5 Å². The summed E-state index contributed by atoms with van der Waals surface area (Å²) in [6, 6.07) is 15.0. The Bertz CT molecular complexity index is 1010. The second-order valence-corrected chi connectivity index (χ2v) is 8.36. The number of nitrogens with zero attached hydrogens (tertiary/aromatic N) is 1. The summed E-state index contributed by atoms with van der Waals surface area (Å²) in [6.07, 6.45) is 1.35. The summed E-state index contributed by atoms with van der Waals surface area (Å²) in [4.78, 5) is 16.4. The number of ether oxygens (including phenoxy) is 1. The summed E-state index contributed by atoms with van der Waals surface area (Å²) in [7, 11) is -3.73. The molecule has 0 saturated carbocycles. The summed E-state index contributed by atoms with van der Waals surface area (Å²) in [5, 5.41) is 4.72. The number of para-hydroxylation sites is 1. The zero-order valence-electron chi connectivity index (χ0n) is 15.4. The number of anilines is 2. The molecule has 0 spiro atoms. The number of halogens is 1. The molecule has 0 aliphatic heterocycles. The van der Waals surface area contributed by atoms with Crippen LogP contribution in [-0.2, 0) is 14.8 Å². The average molecular weight is 454 g/mol. The van der Waals surface area contributed by atoms with Gasteiger partial charge >= 0.3 is 0 Å². The first-order valence-electron chi connectivity index (χ1n) is 8.53. The van der Waals surface area contributed by atoms with Gasteiger partial charge < -0.3 is 10.1 Å². The Morgan fingerprint density at radius 3 is 2.41 bits per heavy atom. The summed E-state index contributed by atoms with van der Waals surface area (Å²) in [5.41, 5.74) is 0.480. The van der Waals surface area contributed by atoms with Crippen molar-refractivity contribution in [1.82, 2.24) is 4.98 Å². The van der Waals surface area contributed by atoms with Crippen LogP contribution in [0.2, 0.25) is 0 Å². The number of carbonyl (C=O) groups is 1. The first-order valence-corrected chi connectivity index (χ1v) is 10.9. The molecule has 1 aromatic heterocycles. The number of benzene rings is 2. The van der Waals surface area contributed by atoms with Crippen LogP contribution in [-0.4, -0.2) is 25.4 Å². The lowest BCUT2D eigenvalue weighted by atomic mass is 10.2. The predicted octanol–water partition coefficient (Wildman–Crippen LogP) is 4.16. The summed E-state index contributed by atoms with van der Waals surface area (Å²) in [6.45, 7) is 1.85. The number of hydrogen-bond acceptors (Lipinski definition) is 6. The summed E-state index contributed by atoms with van der Waals surface area (Å²) >= 11 is 1.19. The monoisotopic (exact) mass is 453 g/mol. The average Bonchev–Trinajstić information content (AvgIpc) is 3.19. The van der Waals surface area contributed by atoms with Gasteiger partial charge in [0.25, 0.3) is 15.9 Å². The molecule has 1 amide bonds. The predicted molar refractivity (Wildman–Crippen MR) is 116 cm³/mol. The fraction of sp³-hybridized carbons (Fsp3) is 0.158. The van der Waals surface area contributed by atoms with Crippen LogP contribution >= 0.6 is 23.7 Å². The fourth-order valence-corrected chi connectivity index (χ4v) is 4.16. The van der Waals surface area contributed by atoms with E-state index in [-0.39, 0.29) is 23.2 Å². The van der Waals surface area contributed by atoms with Crippen molar-refractivity contribution in [2.75, 3.05) is 10.0 Å². The normalized spacial score (nSPS) is 11.8. The van der Waals surface area contributed by atoms with Crippen LogP contribution in [0, 0.1) is 0 Å². The number of sulfonamides is 1. The van der Waals surface area contributed by atoms with Crippen LogP contribution < -0.4 is 14.8 Å². The minimum absolute atomic E-state index is 0. The van der Waals surface area contributed by atoms with Crippen molar-refractivity contribution in [3.63, 3.8) is 0 Å². The van der Waals surface area contributed by atoms with Crippen molar-refractivity contribution in [2.45, 2.75) is 24.3 Å². The van der Waals surface area contributed by atoms with Gasteiger partial charge in [-0.1, -0.05) is 25.1 Å². The van der Waals surface area contributed by atoms with E-state index in [1.165, 1.54) is 41.8 Å². The zero-order chi connectivity index (χ0) is 20.0. The van der Waals surface area contributed by atoms with Crippen molar-refractivity contribution in [3.05, 3.63) is 66.2 Å². The maximum Gasteiger partial charge on any atom is 0.265 e. The number of carbonyl (C=O) groups excluding carboxylic acids is 1. The van der Waals surface area contributed by atoms with Crippen molar-refractivity contribution in [1.29, 1.82) is 0 Å². The molecule has 7 nitrogen and oxygen atoms in total. The third-order valence-corrected chi connectivity index (χ3v) is 5.94. The molecule has 154 valence electrons. The van der Waals surface area contributed by atoms with Gasteiger partial charge in [0, 0.05) is 17.3 Å². The topological polar surface area (TPSA) is 97.4 Å². The molecule has 2 aromatic carbocycles. The van der Waals surface area contributed by atoms with Gasteiger partial charge in [-0.2, -0.15) is 0 Å². The number of aromatic nitrogens is 1. The Morgan fingerprint density at radius 2 is 1.83 bits per heavy atom. The van der Waals surface area contributed by atoms with Crippen LogP contribution in [0.1, 0.15) is 13.3 Å². The van der Waals surface area contributed by atoms with E-state index in [1.807, 2.05) is 25.1 Å². The van der Waals surface area contributed by atoms with E-state index in [4.69, 9.17) is 4.74 Å². The van der Waals surface area contributed by atoms with Gasteiger partial charge in [-0.3, -0.25) is 9.52 Å². The van der Waals surface area contributed by atoms with E-state index in [0.717, 1.165) is 0 Å². The number of thiazole rings is 1. The number of amides is 1. The molecule has 0 aliphatic rings. The third-order valence-electron chi connectivity index (χ3n) is 3.77. The second-order valence-electron chi connectivity index (χ2n) is 5.78. The number of nitrogens with one attached hydrogen (secondary N) is 2. The third kappa shape index (κ3) is 6.18. The van der Waals surface area contributed by atoms with Crippen molar-refractivity contribution in [3.8, 4) is 5.75 Å². The van der Waals surface area contributed by atoms with Crippen molar-refractivity contribution in [2.24, 2.45) is 0 Å². The van der Waals surface area contributed by atoms with Gasteiger partial charge in [-0.25, -0.2) is 13.4 Å². The minimum Gasteiger partial charge on any atom is -0.481 e. The number of hydrogen-bond donors (Lipinski definition) is 2. The lowest BCUT2D eigenvalue weighted by molar-refractivity contribution is -0.122. The lowest BCUT2D eigenvalue weighted by Crippen LogP contribution is -2.32. The van der Waals surface area contributed by atoms with Crippen LogP contribution in [0.3, 0.4) is 0 Å². The standard InChI is InChI=1S/C19H19N3O4S2.ClH/c1-2-17(26-15-6-4-3-5-7-15)18(23)21-14-8-10-16(11-9-14)28(24,25)22-19-20-12-13-27-19;/h3-13,17H,2H2,1H3,(H,20,22)(H,21,23);1H. The van der Waals surface area contributed by atoms with E-state index in [2.05, 4.69) is 15.0 Å². The van der Waals surface area contributed by atoms with Crippen LogP contribution in [0.5, 0.6) is 5.75 Å². The molecule has 0 fully saturated rings. The maximum absolute atomic E-state index is 12.5. The Balaban J connectivity index is 0.00000300. The molecule has 0 bridgehead atoms. The lowest BCUT2D eigenvalue weighted by Gasteiger charge is -2.17. The van der Waals surface area contributed by atoms with E-state index >= 15 is 0 Å². The number of rotatable bonds is 8. The summed E-state index contributed by atoms with van der Waals surface area (Å²) < 4.78 is 32.8. The Morgan fingerprint density at radius 1 is 1.14 bits per heavy atom. The van der Waals surface area contributed by atoms with Crippen molar-refractivity contribution >= 4 is 50.5 Å². The molecule has 1 heterocycles. The minimum atomic E-state index is -3.73. The highest BCUT2D eigenvalue weighted by molar-refractivity contribution is 7.93. The molecule has 0 aliphatic carbocycles.